The molecule has 0 saturated heterocycles. The van der Waals surface area contributed by atoms with Crippen LogP contribution in [0.3, 0.4) is 0 Å². The van der Waals surface area contributed by atoms with Crippen molar-refractivity contribution >= 4 is 23.6 Å². The Morgan fingerprint density at radius 3 is 2.65 bits per heavy atom. The number of benzene rings is 2. The third kappa shape index (κ3) is 2.71. The zero-order valence-corrected chi connectivity index (χ0v) is 14.4. The number of aromatic hydroxyl groups is 1. The van der Waals surface area contributed by atoms with Crippen molar-refractivity contribution in [1.82, 2.24) is 9.97 Å². The van der Waals surface area contributed by atoms with E-state index in [0.717, 1.165) is 22.4 Å². The Morgan fingerprint density at radius 2 is 1.85 bits per heavy atom. The Labute approximate surface area is 150 Å². The van der Waals surface area contributed by atoms with Crippen molar-refractivity contribution in [3.8, 4) is 28.8 Å². The lowest BCUT2D eigenvalue weighted by atomic mass is 10.1. The molecule has 26 heavy (non-hydrogen) atoms. The fourth-order valence-corrected chi connectivity index (χ4v) is 2.91. The number of aromatic nitrogens is 2. The SMILES string of the molecule is COc1ccc(-c2nc(O)c(/C=C3\C=Nc4ccccc43)[nH]2)cc1OC. The molecule has 0 radical (unpaired) electrons. The van der Waals surface area contributed by atoms with Crippen molar-refractivity contribution in [3.05, 3.63) is 53.7 Å². The largest absolute Gasteiger partial charge is 0.493 e. The van der Waals surface area contributed by atoms with Crippen molar-refractivity contribution in [3.63, 3.8) is 0 Å². The molecule has 0 aliphatic carbocycles. The van der Waals surface area contributed by atoms with Crippen molar-refractivity contribution in [2.24, 2.45) is 4.99 Å². The Hall–Kier alpha value is -3.54. The van der Waals surface area contributed by atoms with Crippen LogP contribution in [0, 0.1) is 0 Å². The van der Waals surface area contributed by atoms with Gasteiger partial charge in [0.25, 0.3) is 0 Å². The molecule has 2 heterocycles. The lowest BCUT2D eigenvalue weighted by Crippen LogP contribution is -1.91. The van der Waals surface area contributed by atoms with E-state index in [1.807, 2.05) is 36.4 Å². The van der Waals surface area contributed by atoms with Gasteiger partial charge in [0, 0.05) is 22.9 Å². The van der Waals surface area contributed by atoms with E-state index < -0.39 is 0 Å². The summed E-state index contributed by atoms with van der Waals surface area (Å²) in [4.78, 5) is 11.7. The molecule has 0 bridgehead atoms. The molecule has 6 nitrogen and oxygen atoms in total. The van der Waals surface area contributed by atoms with E-state index in [0.29, 0.717) is 23.0 Å². The molecular formula is C20H17N3O3. The maximum absolute atomic E-state index is 10.2. The average Bonchev–Trinajstić information content (AvgIpc) is 3.25. The summed E-state index contributed by atoms with van der Waals surface area (Å²) < 4.78 is 10.6. The number of hydrogen-bond donors (Lipinski definition) is 2. The van der Waals surface area contributed by atoms with Crippen LogP contribution in [0.15, 0.2) is 47.5 Å². The van der Waals surface area contributed by atoms with E-state index in [4.69, 9.17) is 9.47 Å². The predicted molar refractivity (Wildman–Crippen MR) is 101 cm³/mol. The molecule has 0 saturated carbocycles. The van der Waals surface area contributed by atoms with Crippen LogP contribution in [-0.2, 0) is 0 Å². The summed E-state index contributed by atoms with van der Waals surface area (Å²) in [5, 5.41) is 10.2. The van der Waals surface area contributed by atoms with E-state index >= 15 is 0 Å². The zero-order chi connectivity index (χ0) is 18.1. The highest BCUT2D eigenvalue weighted by Gasteiger charge is 2.15. The van der Waals surface area contributed by atoms with Crippen molar-refractivity contribution in [2.75, 3.05) is 14.2 Å². The van der Waals surface area contributed by atoms with Crippen molar-refractivity contribution in [1.29, 1.82) is 0 Å². The topological polar surface area (TPSA) is 79.7 Å². The molecule has 0 unspecified atom stereocenters. The maximum Gasteiger partial charge on any atom is 0.237 e. The summed E-state index contributed by atoms with van der Waals surface area (Å²) in [6, 6.07) is 13.3. The van der Waals surface area contributed by atoms with Crippen LogP contribution in [0.2, 0.25) is 0 Å². The van der Waals surface area contributed by atoms with Gasteiger partial charge in [-0.15, -0.1) is 0 Å². The predicted octanol–water partition coefficient (Wildman–Crippen LogP) is 4.06. The number of nitrogens with one attached hydrogen (secondary N) is 1. The molecule has 0 fully saturated rings. The number of methoxy groups -OCH3 is 2. The first-order chi connectivity index (χ1) is 12.7. The summed E-state index contributed by atoms with van der Waals surface area (Å²) >= 11 is 0. The summed E-state index contributed by atoms with van der Waals surface area (Å²) in [5.41, 5.74) is 4.15. The lowest BCUT2D eigenvalue weighted by Gasteiger charge is -2.08. The first-order valence-electron chi connectivity index (χ1n) is 8.06. The average molecular weight is 347 g/mol. The third-order valence-corrected chi connectivity index (χ3v) is 4.23. The number of ether oxygens (including phenoxy) is 2. The van der Waals surface area contributed by atoms with Crippen LogP contribution in [0.4, 0.5) is 5.69 Å². The second kappa shape index (κ2) is 6.40. The van der Waals surface area contributed by atoms with Gasteiger partial charge in [-0.25, -0.2) is 0 Å². The number of para-hydroxylation sites is 1. The fourth-order valence-electron chi connectivity index (χ4n) is 2.91. The Kier molecular flexibility index (Phi) is 3.93. The van der Waals surface area contributed by atoms with Crippen LogP contribution in [0.25, 0.3) is 23.0 Å². The Bertz CT molecular complexity index is 1030. The number of imidazole rings is 1. The van der Waals surface area contributed by atoms with Gasteiger partial charge in [0.1, 0.15) is 11.5 Å². The quantitative estimate of drug-likeness (QED) is 0.746. The van der Waals surface area contributed by atoms with Crippen LogP contribution in [0.1, 0.15) is 11.3 Å². The second-order valence-electron chi connectivity index (χ2n) is 5.77. The standard InChI is InChI=1S/C20H17N3O3/c1-25-17-8-7-12(10-18(17)26-2)19-22-16(20(24)23-19)9-13-11-21-15-6-4-3-5-14(13)15/h3-11,24H,1-2H3,(H,22,23)/b13-9+. The van der Waals surface area contributed by atoms with Gasteiger partial charge in [0.2, 0.25) is 5.88 Å². The van der Waals surface area contributed by atoms with E-state index in [1.54, 1.807) is 32.6 Å². The number of aliphatic imine (C=N–C) groups is 1. The molecule has 0 atom stereocenters. The van der Waals surface area contributed by atoms with E-state index in [2.05, 4.69) is 15.0 Å². The molecule has 1 aliphatic heterocycles. The molecule has 4 rings (SSSR count). The zero-order valence-electron chi connectivity index (χ0n) is 14.4. The second-order valence-corrected chi connectivity index (χ2v) is 5.77. The number of fused-ring (bicyclic) bond motifs is 1. The molecule has 2 aromatic carbocycles. The monoisotopic (exact) mass is 347 g/mol. The molecule has 130 valence electrons. The van der Waals surface area contributed by atoms with E-state index in [-0.39, 0.29) is 5.88 Å². The third-order valence-electron chi connectivity index (χ3n) is 4.23. The van der Waals surface area contributed by atoms with Gasteiger partial charge in [-0.05, 0) is 30.3 Å². The van der Waals surface area contributed by atoms with E-state index in [9.17, 15) is 5.11 Å². The summed E-state index contributed by atoms with van der Waals surface area (Å²) in [6.45, 7) is 0. The lowest BCUT2D eigenvalue weighted by molar-refractivity contribution is 0.355. The first kappa shape index (κ1) is 16.0. The van der Waals surface area contributed by atoms with Crippen LogP contribution in [0.5, 0.6) is 17.4 Å². The van der Waals surface area contributed by atoms with Crippen molar-refractivity contribution in [2.45, 2.75) is 0 Å². The van der Waals surface area contributed by atoms with Gasteiger partial charge in [0.05, 0.1) is 19.9 Å². The molecule has 0 amide bonds. The van der Waals surface area contributed by atoms with Crippen LogP contribution in [-0.4, -0.2) is 35.5 Å². The van der Waals surface area contributed by atoms with Gasteiger partial charge in [-0.3, -0.25) is 4.99 Å². The van der Waals surface area contributed by atoms with Gasteiger partial charge < -0.3 is 19.6 Å². The number of allylic oxidation sites excluding steroid dienone is 1. The van der Waals surface area contributed by atoms with Crippen molar-refractivity contribution < 1.29 is 14.6 Å². The molecule has 1 aromatic heterocycles. The minimum absolute atomic E-state index is 0.0694. The highest BCUT2D eigenvalue weighted by molar-refractivity contribution is 6.21. The van der Waals surface area contributed by atoms with Gasteiger partial charge in [0.15, 0.2) is 11.5 Å². The minimum atomic E-state index is -0.0694. The van der Waals surface area contributed by atoms with Gasteiger partial charge >= 0.3 is 0 Å². The number of nitrogens with zero attached hydrogens (tertiary/aromatic N) is 2. The molecule has 0 spiro atoms. The number of H-pyrrole nitrogens is 1. The molecular weight excluding hydrogens is 330 g/mol. The molecule has 1 aliphatic rings. The summed E-state index contributed by atoms with van der Waals surface area (Å²) in [5.74, 6) is 1.70. The minimum Gasteiger partial charge on any atom is -0.493 e. The fraction of sp³-hybridized carbons (Fsp3) is 0.100. The number of rotatable bonds is 4. The van der Waals surface area contributed by atoms with E-state index in [1.165, 1.54) is 0 Å². The number of hydrogen-bond acceptors (Lipinski definition) is 5. The van der Waals surface area contributed by atoms with Gasteiger partial charge in [-0.2, -0.15) is 4.98 Å². The molecule has 6 heteroatoms. The summed E-state index contributed by atoms with van der Waals surface area (Å²) in [6.07, 6.45) is 3.61. The smallest absolute Gasteiger partial charge is 0.237 e. The normalized spacial score (nSPS) is 13.8. The molecule has 3 aromatic rings. The molecule has 2 N–H and O–H groups in total. The van der Waals surface area contributed by atoms with Crippen LogP contribution >= 0.6 is 0 Å². The Morgan fingerprint density at radius 1 is 1.04 bits per heavy atom. The Balaban J connectivity index is 1.71. The highest BCUT2D eigenvalue weighted by atomic mass is 16.5. The number of aromatic amines is 1. The summed E-state index contributed by atoms with van der Waals surface area (Å²) in [7, 11) is 3.16. The maximum atomic E-state index is 10.2. The van der Waals surface area contributed by atoms with Crippen LogP contribution < -0.4 is 9.47 Å². The van der Waals surface area contributed by atoms with Gasteiger partial charge in [-0.1, -0.05) is 18.2 Å². The highest BCUT2D eigenvalue weighted by Crippen LogP contribution is 2.35. The first-order valence-corrected chi connectivity index (χ1v) is 8.06.